The summed E-state index contributed by atoms with van der Waals surface area (Å²) < 4.78 is 8.09. The molecule has 3 heteroatoms. The Hall–Kier alpha value is -1.48. The lowest BCUT2D eigenvalue weighted by Crippen LogP contribution is -2.07. The highest BCUT2D eigenvalue weighted by atomic mass is 16.5. The van der Waals surface area contributed by atoms with Crippen molar-refractivity contribution in [2.45, 2.75) is 46.7 Å². The van der Waals surface area contributed by atoms with Gasteiger partial charge in [-0.2, -0.15) is 0 Å². The number of ether oxygens (including phenoxy) is 1. The number of aromatic nitrogens is 1. The number of unbranched alkanes of at least 4 members (excludes halogenated alkanes) is 1. The summed E-state index contributed by atoms with van der Waals surface area (Å²) in [6, 6.07) is 6.46. The Morgan fingerprint density at radius 3 is 2.70 bits per heavy atom. The van der Waals surface area contributed by atoms with Crippen LogP contribution < -0.4 is 10.1 Å². The Morgan fingerprint density at radius 2 is 2.05 bits per heavy atom. The predicted molar refractivity (Wildman–Crippen MR) is 85.5 cm³/mol. The van der Waals surface area contributed by atoms with E-state index in [2.05, 4.69) is 41.9 Å². The van der Waals surface area contributed by atoms with Gasteiger partial charge < -0.3 is 14.6 Å². The number of hydrogen-bond donors (Lipinski definition) is 1. The minimum absolute atomic E-state index is 0.711. The number of aryl methyl sites for hydroxylation is 1. The standard InChI is InChI=1S/C17H26N2O/c1-5-7-10-19-13(3)16(12-18-4)15-11-14(20-6-2)8-9-17(15)19/h8-9,11,18H,5-7,10,12H2,1-4H3. The molecule has 1 heterocycles. The quantitative estimate of drug-likeness (QED) is 0.829. The van der Waals surface area contributed by atoms with Crippen LogP contribution in [0.15, 0.2) is 18.2 Å². The third kappa shape index (κ3) is 2.83. The van der Waals surface area contributed by atoms with E-state index in [4.69, 9.17) is 4.74 Å². The molecule has 0 aliphatic heterocycles. The van der Waals surface area contributed by atoms with Crippen molar-refractivity contribution in [1.29, 1.82) is 0 Å². The topological polar surface area (TPSA) is 26.2 Å². The fraction of sp³-hybridized carbons (Fsp3) is 0.529. The highest BCUT2D eigenvalue weighted by Gasteiger charge is 2.13. The molecule has 0 saturated heterocycles. The van der Waals surface area contributed by atoms with E-state index >= 15 is 0 Å². The van der Waals surface area contributed by atoms with Crippen molar-refractivity contribution in [2.24, 2.45) is 0 Å². The zero-order valence-corrected chi connectivity index (χ0v) is 13.1. The average Bonchev–Trinajstić information content (AvgIpc) is 2.70. The van der Waals surface area contributed by atoms with Crippen molar-refractivity contribution in [3.63, 3.8) is 0 Å². The molecule has 2 aromatic rings. The van der Waals surface area contributed by atoms with Gasteiger partial charge in [-0.25, -0.2) is 0 Å². The van der Waals surface area contributed by atoms with Gasteiger partial charge >= 0.3 is 0 Å². The third-order valence-electron chi connectivity index (χ3n) is 3.83. The van der Waals surface area contributed by atoms with Gasteiger partial charge in [0.2, 0.25) is 0 Å². The summed E-state index contributed by atoms with van der Waals surface area (Å²) in [5, 5.41) is 4.60. The summed E-state index contributed by atoms with van der Waals surface area (Å²) in [6.07, 6.45) is 2.44. The molecule has 0 saturated carbocycles. The molecule has 1 N–H and O–H groups in total. The largest absolute Gasteiger partial charge is 0.494 e. The number of rotatable bonds is 7. The van der Waals surface area contributed by atoms with E-state index in [-0.39, 0.29) is 0 Å². The average molecular weight is 274 g/mol. The Balaban J connectivity index is 2.53. The summed E-state index contributed by atoms with van der Waals surface area (Å²) in [5.74, 6) is 0.963. The van der Waals surface area contributed by atoms with Crippen molar-refractivity contribution in [3.8, 4) is 5.75 Å². The van der Waals surface area contributed by atoms with Crippen LogP contribution in [0.5, 0.6) is 5.75 Å². The second-order valence-corrected chi connectivity index (χ2v) is 5.21. The first-order valence-corrected chi connectivity index (χ1v) is 7.62. The van der Waals surface area contributed by atoms with Crippen LogP contribution in [0, 0.1) is 6.92 Å². The van der Waals surface area contributed by atoms with Gasteiger partial charge in [0.15, 0.2) is 0 Å². The Bertz CT molecular complexity index is 572. The predicted octanol–water partition coefficient (Wildman–Crippen LogP) is 3.87. The SMILES string of the molecule is CCCCn1c(C)c(CNC)c2cc(OCC)ccc21. The molecule has 20 heavy (non-hydrogen) atoms. The molecule has 3 nitrogen and oxygen atoms in total. The normalized spacial score (nSPS) is 11.2. The molecular weight excluding hydrogens is 248 g/mol. The molecule has 0 unspecified atom stereocenters. The van der Waals surface area contributed by atoms with E-state index in [1.54, 1.807) is 0 Å². The van der Waals surface area contributed by atoms with Crippen LogP contribution >= 0.6 is 0 Å². The van der Waals surface area contributed by atoms with Gasteiger partial charge in [-0.05, 0) is 51.1 Å². The van der Waals surface area contributed by atoms with Crippen LogP contribution in [0.2, 0.25) is 0 Å². The molecule has 0 fully saturated rings. The molecule has 1 aromatic heterocycles. The van der Waals surface area contributed by atoms with E-state index in [0.29, 0.717) is 6.61 Å². The maximum Gasteiger partial charge on any atom is 0.120 e. The van der Waals surface area contributed by atoms with E-state index in [1.807, 2.05) is 14.0 Å². The Kier molecular flexibility index (Phi) is 5.07. The van der Waals surface area contributed by atoms with Crippen molar-refractivity contribution in [3.05, 3.63) is 29.5 Å². The van der Waals surface area contributed by atoms with Crippen molar-refractivity contribution >= 4 is 10.9 Å². The second kappa shape index (κ2) is 6.80. The lowest BCUT2D eigenvalue weighted by atomic mass is 10.1. The van der Waals surface area contributed by atoms with E-state index in [0.717, 1.165) is 18.8 Å². The molecule has 1 aromatic carbocycles. The zero-order chi connectivity index (χ0) is 14.5. The van der Waals surface area contributed by atoms with Gasteiger partial charge in [-0.1, -0.05) is 13.3 Å². The minimum Gasteiger partial charge on any atom is -0.494 e. The van der Waals surface area contributed by atoms with Crippen LogP contribution in [0.4, 0.5) is 0 Å². The van der Waals surface area contributed by atoms with Crippen LogP contribution in [0.3, 0.4) is 0 Å². The molecule has 110 valence electrons. The summed E-state index contributed by atoms with van der Waals surface area (Å²) in [5.41, 5.74) is 4.08. The maximum absolute atomic E-state index is 5.65. The van der Waals surface area contributed by atoms with Gasteiger partial charge in [0.05, 0.1) is 6.61 Å². The van der Waals surface area contributed by atoms with Gasteiger partial charge in [0.25, 0.3) is 0 Å². The third-order valence-corrected chi connectivity index (χ3v) is 3.83. The number of benzene rings is 1. The molecule has 0 aliphatic rings. The molecule has 2 rings (SSSR count). The smallest absolute Gasteiger partial charge is 0.120 e. The molecule has 0 aliphatic carbocycles. The van der Waals surface area contributed by atoms with Crippen molar-refractivity contribution in [2.75, 3.05) is 13.7 Å². The van der Waals surface area contributed by atoms with E-state index in [9.17, 15) is 0 Å². The number of nitrogens with one attached hydrogen (secondary N) is 1. The summed E-state index contributed by atoms with van der Waals surface area (Å²) in [4.78, 5) is 0. The molecule has 0 atom stereocenters. The first-order valence-electron chi connectivity index (χ1n) is 7.62. The Labute approximate surface area is 121 Å². The number of fused-ring (bicyclic) bond motifs is 1. The number of hydrogen-bond acceptors (Lipinski definition) is 2. The fourth-order valence-corrected chi connectivity index (χ4v) is 2.79. The first-order chi connectivity index (χ1) is 9.72. The highest BCUT2D eigenvalue weighted by molar-refractivity contribution is 5.87. The van der Waals surface area contributed by atoms with Crippen molar-refractivity contribution in [1.82, 2.24) is 9.88 Å². The molecule has 0 amide bonds. The van der Waals surface area contributed by atoms with Crippen molar-refractivity contribution < 1.29 is 4.74 Å². The monoisotopic (exact) mass is 274 g/mol. The van der Waals surface area contributed by atoms with Crippen LogP contribution in [-0.2, 0) is 13.1 Å². The first kappa shape index (κ1) is 14.9. The van der Waals surface area contributed by atoms with Gasteiger partial charge in [-0.15, -0.1) is 0 Å². The molecule has 0 bridgehead atoms. The summed E-state index contributed by atoms with van der Waals surface area (Å²) in [7, 11) is 2.00. The summed E-state index contributed by atoms with van der Waals surface area (Å²) in [6.45, 7) is 9.19. The highest BCUT2D eigenvalue weighted by Crippen LogP contribution is 2.29. The van der Waals surface area contributed by atoms with Crippen LogP contribution in [0.1, 0.15) is 37.9 Å². The molecular formula is C17H26N2O. The van der Waals surface area contributed by atoms with E-state index in [1.165, 1.54) is 35.0 Å². The second-order valence-electron chi connectivity index (χ2n) is 5.21. The fourth-order valence-electron chi connectivity index (χ4n) is 2.79. The Morgan fingerprint density at radius 1 is 1.25 bits per heavy atom. The molecule has 0 radical (unpaired) electrons. The zero-order valence-electron chi connectivity index (χ0n) is 13.1. The van der Waals surface area contributed by atoms with Crippen LogP contribution in [-0.4, -0.2) is 18.2 Å². The lowest BCUT2D eigenvalue weighted by molar-refractivity contribution is 0.340. The molecule has 0 spiro atoms. The number of nitrogens with zero attached hydrogens (tertiary/aromatic N) is 1. The van der Waals surface area contributed by atoms with Gasteiger partial charge in [0.1, 0.15) is 5.75 Å². The minimum atomic E-state index is 0.711. The van der Waals surface area contributed by atoms with E-state index < -0.39 is 0 Å². The summed E-state index contributed by atoms with van der Waals surface area (Å²) >= 11 is 0. The van der Waals surface area contributed by atoms with Crippen LogP contribution in [0.25, 0.3) is 10.9 Å². The maximum atomic E-state index is 5.65. The lowest BCUT2D eigenvalue weighted by Gasteiger charge is -2.08. The van der Waals surface area contributed by atoms with Gasteiger partial charge in [-0.3, -0.25) is 0 Å². The van der Waals surface area contributed by atoms with Gasteiger partial charge in [0, 0.05) is 29.7 Å².